The Labute approximate surface area is 133 Å². The first-order valence-corrected chi connectivity index (χ1v) is 8.19. The van der Waals surface area contributed by atoms with E-state index in [-0.39, 0.29) is 6.09 Å². The second-order valence-electron chi connectivity index (χ2n) is 5.70. The third-order valence-corrected chi connectivity index (χ3v) is 4.67. The maximum Gasteiger partial charge on any atom is 0.410 e. The van der Waals surface area contributed by atoms with Crippen LogP contribution in [-0.4, -0.2) is 36.7 Å². The average molecular weight is 363 g/mol. The van der Waals surface area contributed by atoms with Gasteiger partial charge in [-0.25, -0.2) is 4.79 Å². The van der Waals surface area contributed by atoms with E-state index in [1.165, 1.54) is 9.75 Å². The normalized spacial score (nSPS) is 11.5. The first-order chi connectivity index (χ1) is 9.19. The second-order valence-corrected chi connectivity index (χ2v) is 7.89. The van der Waals surface area contributed by atoms with E-state index in [1.54, 1.807) is 23.3 Å². The smallest absolute Gasteiger partial charge is 0.410 e. The molecule has 0 aliphatic heterocycles. The number of hydrogen-bond donors (Lipinski definition) is 1. The second kappa shape index (κ2) is 7.43. The Morgan fingerprint density at radius 1 is 1.50 bits per heavy atom. The fourth-order valence-corrected chi connectivity index (χ4v) is 3.07. The minimum atomic E-state index is -0.445. The molecule has 1 amide bonds. The molecular formula is C14H23BrN2O2S. The first kappa shape index (κ1) is 17.5. The van der Waals surface area contributed by atoms with E-state index in [2.05, 4.69) is 34.2 Å². The Morgan fingerprint density at radius 2 is 2.15 bits per heavy atom. The molecule has 0 bridgehead atoms. The zero-order valence-electron chi connectivity index (χ0n) is 12.7. The number of hydrogen-bond acceptors (Lipinski definition) is 4. The SMILES string of the molecule is Cc1sc(CNCCN(C)C(=O)OC(C)(C)C)cc1Br. The van der Waals surface area contributed by atoms with Crippen molar-refractivity contribution in [1.29, 1.82) is 0 Å². The van der Waals surface area contributed by atoms with E-state index in [0.29, 0.717) is 6.54 Å². The van der Waals surface area contributed by atoms with Gasteiger partial charge in [-0.1, -0.05) is 0 Å². The van der Waals surface area contributed by atoms with Crippen LogP contribution in [0.3, 0.4) is 0 Å². The lowest BCUT2D eigenvalue weighted by molar-refractivity contribution is 0.0300. The van der Waals surface area contributed by atoms with Crippen molar-refractivity contribution >= 4 is 33.4 Å². The van der Waals surface area contributed by atoms with Gasteiger partial charge in [-0.2, -0.15) is 0 Å². The van der Waals surface area contributed by atoms with Crippen LogP contribution in [0.15, 0.2) is 10.5 Å². The molecule has 0 aliphatic rings. The standard InChI is InChI=1S/C14H23BrN2O2S/c1-10-12(15)8-11(20-10)9-16-6-7-17(5)13(18)19-14(2,3)4/h8,16H,6-7,9H2,1-5H3. The van der Waals surface area contributed by atoms with Crippen molar-refractivity contribution in [3.05, 3.63) is 20.3 Å². The molecule has 6 heteroatoms. The molecule has 1 N–H and O–H groups in total. The predicted molar refractivity (Wildman–Crippen MR) is 87.3 cm³/mol. The number of carbonyl (C=O) groups is 1. The number of nitrogens with one attached hydrogen (secondary N) is 1. The predicted octanol–water partition coefficient (Wildman–Crippen LogP) is 3.78. The van der Waals surface area contributed by atoms with Gasteiger partial charge in [0.15, 0.2) is 0 Å². The van der Waals surface area contributed by atoms with Gasteiger partial charge in [-0.3, -0.25) is 0 Å². The van der Waals surface area contributed by atoms with Crippen LogP contribution < -0.4 is 5.32 Å². The topological polar surface area (TPSA) is 41.6 Å². The van der Waals surface area contributed by atoms with Crippen LogP contribution in [-0.2, 0) is 11.3 Å². The van der Waals surface area contributed by atoms with E-state index in [9.17, 15) is 4.79 Å². The summed E-state index contributed by atoms with van der Waals surface area (Å²) in [5.41, 5.74) is -0.445. The highest BCUT2D eigenvalue weighted by atomic mass is 79.9. The van der Waals surface area contributed by atoms with Gasteiger partial charge in [-0.15, -0.1) is 11.3 Å². The monoisotopic (exact) mass is 362 g/mol. The minimum Gasteiger partial charge on any atom is -0.444 e. The fourth-order valence-electron chi connectivity index (χ4n) is 1.49. The summed E-state index contributed by atoms with van der Waals surface area (Å²) in [5, 5.41) is 3.33. The number of thiophene rings is 1. The zero-order valence-corrected chi connectivity index (χ0v) is 15.2. The van der Waals surface area contributed by atoms with Crippen molar-refractivity contribution < 1.29 is 9.53 Å². The van der Waals surface area contributed by atoms with E-state index < -0.39 is 5.60 Å². The van der Waals surface area contributed by atoms with Gasteiger partial charge in [-0.05, 0) is 49.7 Å². The molecule has 0 atom stereocenters. The summed E-state index contributed by atoms with van der Waals surface area (Å²) in [5.74, 6) is 0. The summed E-state index contributed by atoms with van der Waals surface area (Å²) in [6, 6.07) is 2.13. The van der Waals surface area contributed by atoms with Crippen molar-refractivity contribution in [2.45, 2.75) is 39.8 Å². The van der Waals surface area contributed by atoms with Crippen LogP contribution in [0.4, 0.5) is 4.79 Å². The molecule has 20 heavy (non-hydrogen) atoms. The Balaban J connectivity index is 2.25. The maximum absolute atomic E-state index is 11.7. The van der Waals surface area contributed by atoms with Crippen molar-refractivity contribution in [2.75, 3.05) is 20.1 Å². The number of aryl methyl sites for hydroxylation is 1. The number of nitrogens with zero attached hydrogens (tertiary/aromatic N) is 1. The molecule has 1 aromatic heterocycles. The Bertz CT molecular complexity index is 435. The van der Waals surface area contributed by atoms with Crippen LogP contribution in [0.5, 0.6) is 0 Å². The van der Waals surface area contributed by atoms with Crippen LogP contribution in [0, 0.1) is 6.92 Å². The number of rotatable bonds is 5. The van der Waals surface area contributed by atoms with E-state index >= 15 is 0 Å². The van der Waals surface area contributed by atoms with Crippen molar-refractivity contribution in [3.63, 3.8) is 0 Å². The van der Waals surface area contributed by atoms with Gasteiger partial charge < -0.3 is 15.0 Å². The molecule has 1 heterocycles. The van der Waals surface area contributed by atoms with Crippen LogP contribution in [0.1, 0.15) is 30.5 Å². The van der Waals surface area contributed by atoms with Gasteiger partial charge in [0.05, 0.1) is 0 Å². The molecule has 0 aliphatic carbocycles. The average Bonchev–Trinajstić information content (AvgIpc) is 2.62. The Hall–Kier alpha value is -0.590. The Morgan fingerprint density at radius 3 is 2.65 bits per heavy atom. The van der Waals surface area contributed by atoms with Crippen LogP contribution >= 0.6 is 27.3 Å². The number of halogens is 1. The van der Waals surface area contributed by atoms with E-state index in [0.717, 1.165) is 17.6 Å². The van der Waals surface area contributed by atoms with Gasteiger partial charge in [0, 0.05) is 40.9 Å². The molecule has 0 saturated carbocycles. The molecule has 1 rings (SSSR count). The highest BCUT2D eigenvalue weighted by Crippen LogP contribution is 2.25. The summed E-state index contributed by atoms with van der Waals surface area (Å²) >= 11 is 5.28. The number of carbonyl (C=O) groups excluding carboxylic acids is 1. The third-order valence-electron chi connectivity index (χ3n) is 2.54. The molecule has 1 aromatic rings. The summed E-state index contributed by atoms with van der Waals surface area (Å²) in [6.07, 6.45) is -0.283. The van der Waals surface area contributed by atoms with Gasteiger partial charge >= 0.3 is 6.09 Å². The lowest BCUT2D eigenvalue weighted by Gasteiger charge is -2.24. The summed E-state index contributed by atoms with van der Waals surface area (Å²) in [7, 11) is 1.75. The first-order valence-electron chi connectivity index (χ1n) is 6.58. The molecule has 0 radical (unpaired) electrons. The lowest BCUT2D eigenvalue weighted by Crippen LogP contribution is -2.37. The fraction of sp³-hybridized carbons (Fsp3) is 0.643. The van der Waals surface area contributed by atoms with Gasteiger partial charge in [0.1, 0.15) is 5.60 Å². The number of likely N-dealkylation sites (N-methyl/N-ethyl adjacent to an activating group) is 1. The number of ether oxygens (including phenoxy) is 1. The van der Waals surface area contributed by atoms with Crippen molar-refractivity contribution in [1.82, 2.24) is 10.2 Å². The number of amides is 1. The molecular weight excluding hydrogens is 340 g/mol. The van der Waals surface area contributed by atoms with Crippen LogP contribution in [0.2, 0.25) is 0 Å². The molecule has 4 nitrogen and oxygen atoms in total. The lowest BCUT2D eigenvalue weighted by atomic mass is 10.2. The van der Waals surface area contributed by atoms with Crippen molar-refractivity contribution in [3.8, 4) is 0 Å². The quantitative estimate of drug-likeness (QED) is 0.810. The van der Waals surface area contributed by atoms with Gasteiger partial charge in [0.2, 0.25) is 0 Å². The minimum absolute atomic E-state index is 0.283. The highest BCUT2D eigenvalue weighted by Gasteiger charge is 2.19. The third kappa shape index (κ3) is 6.24. The van der Waals surface area contributed by atoms with Crippen LogP contribution in [0.25, 0.3) is 0 Å². The molecule has 0 spiro atoms. The van der Waals surface area contributed by atoms with E-state index in [4.69, 9.17) is 4.74 Å². The molecule has 0 saturated heterocycles. The zero-order chi connectivity index (χ0) is 15.3. The largest absolute Gasteiger partial charge is 0.444 e. The molecule has 0 fully saturated rings. The Kier molecular flexibility index (Phi) is 6.48. The van der Waals surface area contributed by atoms with E-state index in [1.807, 2.05) is 20.8 Å². The van der Waals surface area contributed by atoms with Crippen molar-refractivity contribution in [2.24, 2.45) is 0 Å². The molecule has 114 valence electrons. The summed E-state index contributed by atoms with van der Waals surface area (Å²) < 4.78 is 6.45. The summed E-state index contributed by atoms with van der Waals surface area (Å²) in [6.45, 7) is 9.88. The molecule has 0 aromatic carbocycles. The maximum atomic E-state index is 11.7. The van der Waals surface area contributed by atoms with Gasteiger partial charge in [0.25, 0.3) is 0 Å². The molecule has 0 unspecified atom stereocenters. The summed E-state index contributed by atoms with van der Waals surface area (Å²) in [4.78, 5) is 15.9. The highest BCUT2D eigenvalue weighted by molar-refractivity contribution is 9.10.